The zero-order valence-corrected chi connectivity index (χ0v) is 11.0. The van der Waals surface area contributed by atoms with Gasteiger partial charge >= 0.3 is 0 Å². The first kappa shape index (κ1) is 12.3. The molecule has 0 amide bonds. The molecule has 0 aromatic carbocycles. The summed E-state index contributed by atoms with van der Waals surface area (Å²) in [6.45, 7) is 5.99. The third-order valence-electron chi connectivity index (χ3n) is 3.76. The average molecular weight is 235 g/mol. The number of ketones is 1. The minimum Gasteiger partial charge on any atom is -0.445 e. The minimum absolute atomic E-state index is 0.0849. The van der Waals surface area contributed by atoms with Crippen LogP contribution < -0.4 is 0 Å². The molecule has 0 aliphatic heterocycles. The maximum absolute atomic E-state index is 11.7. The summed E-state index contributed by atoms with van der Waals surface area (Å²) in [5.74, 6) is 2.79. The van der Waals surface area contributed by atoms with Crippen LogP contribution in [0.25, 0.3) is 0 Å². The summed E-state index contributed by atoms with van der Waals surface area (Å²) in [5, 5.41) is 0. The maximum Gasteiger partial charge on any atom is 0.198 e. The molecule has 17 heavy (non-hydrogen) atoms. The van der Waals surface area contributed by atoms with Crippen molar-refractivity contribution in [3.8, 4) is 0 Å². The fourth-order valence-electron chi connectivity index (χ4n) is 2.52. The maximum atomic E-state index is 11.7. The van der Waals surface area contributed by atoms with Crippen LogP contribution in [-0.4, -0.2) is 10.8 Å². The molecule has 3 heteroatoms. The molecule has 1 aromatic heterocycles. The summed E-state index contributed by atoms with van der Waals surface area (Å²) in [7, 11) is 0. The second-order valence-electron chi connectivity index (χ2n) is 5.19. The molecular formula is C14H21NO2. The summed E-state index contributed by atoms with van der Waals surface area (Å²) in [4.78, 5) is 16.1. The summed E-state index contributed by atoms with van der Waals surface area (Å²) in [5.41, 5.74) is 0.543. The van der Waals surface area contributed by atoms with Crippen LogP contribution in [-0.2, 0) is 0 Å². The SMILES string of the molecule is CCC(=O)c1nc(C2CCC(C)CC2)oc1C. The predicted molar refractivity (Wildman–Crippen MR) is 66.2 cm³/mol. The van der Waals surface area contributed by atoms with Crippen molar-refractivity contribution in [3.63, 3.8) is 0 Å². The third kappa shape index (κ3) is 2.59. The number of aryl methyl sites for hydroxylation is 1. The number of Topliss-reactive ketones (excluding diaryl/α,β-unsaturated/α-hetero) is 1. The molecule has 1 saturated carbocycles. The van der Waals surface area contributed by atoms with Gasteiger partial charge < -0.3 is 4.42 Å². The Morgan fingerprint density at radius 3 is 2.59 bits per heavy atom. The molecule has 1 fully saturated rings. The zero-order valence-electron chi connectivity index (χ0n) is 11.0. The lowest BCUT2D eigenvalue weighted by Gasteiger charge is -2.23. The van der Waals surface area contributed by atoms with E-state index in [2.05, 4.69) is 11.9 Å². The van der Waals surface area contributed by atoms with Gasteiger partial charge in [0, 0.05) is 12.3 Å². The van der Waals surface area contributed by atoms with Crippen LogP contribution in [0.1, 0.15) is 74.0 Å². The molecule has 3 nitrogen and oxygen atoms in total. The van der Waals surface area contributed by atoms with E-state index in [9.17, 15) is 4.79 Å². The molecule has 1 aliphatic rings. The van der Waals surface area contributed by atoms with E-state index in [0.29, 0.717) is 23.8 Å². The lowest BCUT2D eigenvalue weighted by Crippen LogP contribution is -2.11. The van der Waals surface area contributed by atoms with Crippen LogP contribution in [0.2, 0.25) is 0 Å². The van der Waals surface area contributed by atoms with E-state index in [0.717, 1.165) is 24.7 Å². The Bertz CT molecular complexity index is 400. The highest BCUT2D eigenvalue weighted by Gasteiger charge is 2.25. The van der Waals surface area contributed by atoms with E-state index in [-0.39, 0.29) is 5.78 Å². The van der Waals surface area contributed by atoms with Crippen LogP contribution in [0.15, 0.2) is 4.42 Å². The van der Waals surface area contributed by atoms with Crippen molar-refractivity contribution in [2.24, 2.45) is 5.92 Å². The Hall–Kier alpha value is -1.12. The molecule has 0 atom stereocenters. The topological polar surface area (TPSA) is 43.1 Å². The van der Waals surface area contributed by atoms with Crippen LogP contribution in [0.3, 0.4) is 0 Å². The van der Waals surface area contributed by atoms with Crippen molar-refractivity contribution in [1.29, 1.82) is 0 Å². The van der Waals surface area contributed by atoms with E-state index in [1.54, 1.807) is 0 Å². The first-order valence-corrected chi connectivity index (χ1v) is 6.62. The second kappa shape index (κ2) is 5.03. The summed E-state index contributed by atoms with van der Waals surface area (Å²) in [6.07, 6.45) is 5.25. The fraction of sp³-hybridized carbons (Fsp3) is 0.714. The Morgan fingerprint density at radius 2 is 2.00 bits per heavy atom. The molecule has 0 spiro atoms. The van der Waals surface area contributed by atoms with E-state index < -0.39 is 0 Å². The number of rotatable bonds is 3. The van der Waals surface area contributed by atoms with E-state index in [4.69, 9.17) is 4.42 Å². The highest BCUT2D eigenvalue weighted by Crippen LogP contribution is 2.35. The molecule has 0 radical (unpaired) electrons. The molecule has 94 valence electrons. The Kier molecular flexibility index (Phi) is 3.65. The highest BCUT2D eigenvalue weighted by molar-refractivity contribution is 5.94. The predicted octanol–water partition coefficient (Wildman–Crippen LogP) is 3.87. The fourth-order valence-corrected chi connectivity index (χ4v) is 2.52. The lowest BCUT2D eigenvalue weighted by atomic mass is 9.83. The lowest BCUT2D eigenvalue weighted by molar-refractivity contribution is 0.0982. The molecule has 1 aliphatic carbocycles. The van der Waals surface area contributed by atoms with Crippen molar-refractivity contribution in [2.75, 3.05) is 0 Å². The monoisotopic (exact) mass is 235 g/mol. The van der Waals surface area contributed by atoms with Crippen LogP contribution >= 0.6 is 0 Å². The summed E-state index contributed by atoms with van der Waals surface area (Å²) < 4.78 is 5.68. The van der Waals surface area contributed by atoms with Gasteiger partial charge in [-0.3, -0.25) is 4.79 Å². The second-order valence-corrected chi connectivity index (χ2v) is 5.19. The quantitative estimate of drug-likeness (QED) is 0.747. The van der Waals surface area contributed by atoms with Crippen LogP contribution in [0.5, 0.6) is 0 Å². The van der Waals surface area contributed by atoms with Crippen LogP contribution in [0.4, 0.5) is 0 Å². The summed E-state index contributed by atoms with van der Waals surface area (Å²) >= 11 is 0. The van der Waals surface area contributed by atoms with Gasteiger partial charge in [-0.2, -0.15) is 0 Å². The van der Waals surface area contributed by atoms with Gasteiger partial charge in [-0.25, -0.2) is 4.98 Å². The standard InChI is InChI=1S/C14H21NO2/c1-4-12(16)13-10(3)17-14(15-13)11-7-5-9(2)6-8-11/h9,11H,4-8H2,1-3H3. The zero-order chi connectivity index (χ0) is 12.4. The normalized spacial score (nSPS) is 24.9. The first-order chi connectivity index (χ1) is 8.11. The van der Waals surface area contributed by atoms with Gasteiger partial charge in [-0.1, -0.05) is 13.8 Å². The van der Waals surface area contributed by atoms with Gasteiger partial charge in [-0.15, -0.1) is 0 Å². The molecule has 1 heterocycles. The van der Waals surface area contributed by atoms with E-state index in [1.807, 2.05) is 13.8 Å². The largest absolute Gasteiger partial charge is 0.445 e. The minimum atomic E-state index is 0.0849. The van der Waals surface area contributed by atoms with Crippen molar-refractivity contribution >= 4 is 5.78 Å². The first-order valence-electron chi connectivity index (χ1n) is 6.62. The highest BCUT2D eigenvalue weighted by atomic mass is 16.4. The molecule has 1 aromatic rings. The average Bonchev–Trinajstić information content (AvgIpc) is 2.71. The Balaban J connectivity index is 2.14. The van der Waals surface area contributed by atoms with Crippen molar-refractivity contribution in [1.82, 2.24) is 4.98 Å². The molecular weight excluding hydrogens is 214 g/mol. The van der Waals surface area contributed by atoms with E-state index in [1.165, 1.54) is 12.8 Å². The van der Waals surface area contributed by atoms with Crippen molar-refractivity contribution < 1.29 is 9.21 Å². The number of carbonyl (C=O) groups is 1. The molecule has 0 unspecified atom stereocenters. The number of aromatic nitrogens is 1. The van der Waals surface area contributed by atoms with Gasteiger partial charge in [-0.05, 0) is 38.5 Å². The van der Waals surface area contributed by atoms with Gasteiger partial charge in [0.1, 0.15) is 11.5 Å². The summed E-state index contributed by atoms with van der Waals surface area (Å²) in [6, 6.07) is 0. The molecule has 0 saturated heterocycles. The van der Waals surface area contributed by atoms with Gasteiger partial charge in [0.05, 0.1) is 0 Å². The molecule has 2 rings (SSSR count). The molecule has 0 N–H and O–H groups in total. The number of hydrogen-bond donors (Lipinski definition) is 0. The third-order valence-corrected chi connectivity index (χ3v) is 3.76. The number of hydrogen-bond acceptors (Lipinski definition) is 3. The van der Waals surface area contributed by atoms with Crippen molar-refractivity contribution in [2.45, 2.75) is 58.8 Å². The number of oxazole rings is 1. The smallest absolute Gasteiger partial charge is 0.198 e. The van der Waals surface area contributed by atoms with Gasteiger partial charge in [0.25, 0.3) is 0 Å². The van der Waals surface area contributed by atoms with Gasteiger partial charge in [0.15, 0.2) is 11.7 Å². The van der Waals surface area contributed by atoms with Crippen LogP contribution in [0, 0.1) is 12.8 Å². The number of carbonyl (C=O) groups excluding carboxylic acids is 1. The molecule has 0 bridgehead atoms. The number of nitrogens with zero attached hydrogens (tertiary/aromatic N) is 1. The van der Waals surface area contributed by atoms with Crippen molar-refractivity contribution in [3.05, 3.63) is 17.3 Å². The Morgan fingerprint density at radius 1 is 1.35 bits per heavy atom. The van der Waals surface area contributed by atoms with Gasteiger partial charge in [0.2, 0.25) is 0 Å². The van der Waals surface area contributed by atoms with E-state index >= 15 is 0 Å². The Labute approximate surface area is 103 Å².